The Labute approximate surface area is 87.5 Å². The van der Waals surface area contributed by atoms with Gasteiger partial charge in [-0.05, 0) is 6.42 Å². The summed E-state index contributed by atoms with van der Waals surface area (Å²) in [6, 6.07) is -0.390. The Hall–Kier alpha value is -0.940. The van der Waals surface area contributed by atoms with Crippen LogP contribution in [0.2, 0.25) is 0 Å². The van der Waals surface area contributed by atoms with Gasteiger partial charge in [-0.1, -0.05) is 13.3 Å². The summed E-state index contributed by atoms with van der Waals surface area (Å²) < 4.78 is 0. The maximum atomic E-state index is 11.4. The van der Waals surface area contributed by atoms with Gasteiger partial charge in [-0.2, -0.15) is 0 Å². The highest BCUT2D eigenvalue weighted by Crippen LogP contribution is 2.00. The normalized spacial score (nSPS) is 12.4. The van der Waals surface area contributed by atoms with E-state index in [0.717, 1.165) is 18.5 Å². The molecule has 0 aliphatic rings. The molecule has 0 aliphatic heterocycles. The number of nitrogens with two attached hydrogens (primary N) is 1. The van der Waals surface area contributed by atoms with Crippen LogP contribution in [0.1, 0.15) is 25.5 Å². The summed E-state index contributed by atoms with van der Waals surface area (Å²) in [6.45, 7) is 2.48. The Bertz CT molecular complexity index is 274. The minimum absolute atomic E-state index is 0.0974. The highest BCUT2D eigenvalue weighted by atomic mass is 32.1. The number of carbonyl (C=O) groups excluding carboxylic acids is 1. The molecule has 1 aromatic rings. The van der Waals surface area contributed by atoms with Crippen LogP contribution in [0.5, 0.6) is 0 Å². The van der Waals surface area contributed by atoms with Gasteiger partial charge in [0, 0.05) is 5.38 Å². The molecule has 0 saturated heterocycles. The first-order valence-corrected chi connectivity index (χ1v) is 5.58. The number of nitrogens with zero attached hydrogens (tertiary/aromatic N) is 1. The van der Waals surface area contributed by atoms with Crippen LogP contribution in [0.25, 0.3) is 0 Å². The number of carbonyl (C=O) groups is 1. The molecule has 0 spiro atoms. The van der Waals surface area contributed by atoms with Crippen molar-refractivity contribution in [1.29, 1.82) is 0 Å². The lowest BCUT2D eigenvalue weighted by molar-refractivity contribution is -0.122. The quantitative estimate of drug-likeness (QED) is 0.763. The van der Waals surface area contributed by atoms with Crippen molar-refractivity contribution < 1.29 is 4.79 Å². The third kappa shape index (κ3) is 3.43. The van der Waals surface area contributed by atoms with Crippen molar-refractivity contribution in [1.82, 2.24) is 10.3 Å². The average Bonchev–Trinajstić information content (AvgIpc) is 2.67. The Morgan fingerprint density at radius 3 is 3.14 bits per heavy atom. The highest BCUT2D eigenvalue weighted by Gasteiger charge is 2.11. The molecule has 1 aromatic heterocycles. The van der Waals surface area contributed by atoms with Crippen molar-refractivity contribution in [2.45, 2.75) is 32.4 Å². The third-order valence-electron chi connectivity index (χ3n) is 1.86. The van der Waals surface area contributed by atoms with Gasteiger partial charge in [0.05, 0.1) is 23.8 Å². The van der Waals surface area contributed by atoms with E-state index in [-0.39, 0.29) is 5.91 Å². The van der Waals surface area contributed by atoms with Gasteiger partial charge in [0.1, 0.15) is 0 Å². The summed E-state index contributed by atoms with van der Waals surface area (Å²) in [5.74, 6) is -0.0974. The van der Waals surface area contributed by atoms with E-state index in [4.69, 9.17) is 5.73 Å². The van der Waals surface area contributed by atoms with Crippen LogP contribution in [0.3, 0.4) is 0 Å². The second kappa shape index (κ2) is 5.72. The van der Waals surface area contributed by atoms with E-state index < -0.39 is 6.04 Å². The molecule has 0 saturated carbocycles. The summed E-state index contributed by atoms with van der Waals surface area (Å²) in [4.78, 5) is 15.4. The van der Waals surface area contributed by atoms with Crippen LogP contribution in [-0.2, 0) is 11.3 Å². The largest absolute Gasteiger partial charge is 0.349 e. The molecule has 1 heterocycles. The number of rotatable bonds is 5. The Kier molecular flexibility index (Phi) is 4.55. The lowest BCUT2D eigenvalue weighted by Gasteiger charge is -2.09. The standard InChI is InChI=1S/C9H15N3OS/c1-2-3-8(10)9(13)11-4-7-5-14-6-12-7/h5-6,8H,2-4,10H2,1H3,(H,11,13)/t8-/m1/s1. The summed E-state index contributed by atoms with van der Waals surface area (Å²) in [5, 5.41) is 4.66. The van der Waals surface area contributed by atoms with Crippen molar-refractivity contribution >= 4 is 17.2 Å². The molecular formula is C9H15N3OS. The van der Waals surface area contributed by atoms with Crippen LogP contribution in [0.4, 0.5) is 0 Å². The fraction of sp³-hybridized carbons (Fsp3) is 0.556. The molecule has 0 aliphatic carbocycles. The number of aromatic nitrogens is 1. The number of hydrogen-bond acceptors (Lipinski definition) is 4. The molecular weight excluding hydrogens is 198 g/mol. The van der Waals surface area contributed by atoms with E-state index in [1.807, 2.05) is 12.3 Å². The molecule has 0 fully saturated rings. The van der Waals surface area contributed by atoms with E-state index >= 15 is 0 Å². The summed E-state index contributed by atoms with van der Waals surface area (Å²) in [6.07, 6.45) is 1.65. The van der Waals surface area contributed by atoms with Gasteiger partial charge in [0.25, 0.3) is 0 Å². The molecule has 0 radical (unpaired) electrons. The number of thiazole rings is 1. The third-order valence-corrected chi connectivity index (χ3v) is 2.50. The minimum Gasteiger partial charge on any atom is -0.349 e. The lowest BCUT2D eigenvalue weighted by atomic mass is 10.2. The predicted molar refractivity (Wildman–Crippen MR) is 56.8 cm³/mol. The Morgan fingerprint density at radius 1 is 1.79 bits per heavy atom. The van der Waals surface area contributed by atoms with Crippen LogP contribution >= 0.6 is 11.3 Å². The topological polar surface area (TPSA) is 68.0 Å². The maximum absolute atomic E-state index is 11.4. The van der Waals surface area contributed by atoms with Gasteiger partial charge in [0.15, 0.2) is 0 Å². The van der Waals surface area contributed by atoms with Crippen LogP contribution in [0, 0.1) is 0 Å². The van der Waals surface area contributed by atoms with E-state index in [0.29, 0.717) is 6.54 Å². The first-order valence-electron chi connectivity index (χ1n) is 4.64. The first-order chi connectivity index (χ1) is 6.74. The zero-order chi connectivity index (χ0) is 10.4. The Balaban J connectivity index is 2.27. The van der Waals surface area contributed by atoms with Crippen LogP contribution in [-0.4, -0.2) is 16.9 Å². The van der Waals surface area contributed by atoms with Gasteiger partial charge in [-0.3, -0.25) is 4.79 Å². The fourth-order valence-electron chi connectivity index (χ4n) is 1.08. The summed E-state index contributed by atoms with van der Waals surface area (Å²) in [7, 11) is 0. The van der Waals surface area contributed by atoms with Crippen molar-refractivity contribution in [3.05, 3.63) is 16.6 Å². The zero-order valence-electron chi connectivity index (χ0n) is 8.19. The molecule has 0 aromatic carbocycles. The van der Waals surface area contributed by atoms with Gasteiger partial charge in [0.2, 0.25) is 5.91 Å². The van der Waals surface area contributed by atoms with Gasteiger partial charge in [-0.15, -0.1) is 11.3 Å². The fourth-order valence-corrected chi connectivity index (χ4v) is 1.63. The molecule has 4 nitrogen and oxygen atoms in total. The van der Waals surface area contributed by atoms with E-state index in [2.05, 4.69) is 10.3 Å². The van der Waals surface area contributed by atoms with E-state index in [9.17, 15) is 4.79 Å². The molecule has 78 valence electrons. The molecule has 0 bridgehead atoms. The number of hydrogen-bond donors (Lipinski definition) is 2. The van der Waals surface area contributed by atoms with E-state index in [1.54, 1.807) is 5.51 Å². The maximum Gasteiger partial charge on any atom is 0.237 e. The molecule has 1 rings (SSSR count). The second-order valence-electron chi connectivity index (χ2n) is 3.09. The SMILES string of the molecule is CCC[C@@H](N)C(=O)NCc1cscn1. The predicted octanol–water partition coefficient (Wildman–Crippen LogP) is 0.887. The first kappa shape index (κ1) is 11.1. The molecule has 14 heavy (non-hydrogen) atoms. The van der Waals surface area contributed by atoms with Crippen molar-refractivity contribution in [2.24, 2.45) is 5.73 Å². The molecule has 1 amide bonds. The van der Waals surface area contributed by atoms with Gasteiger partial charge in [-0.25, -0.2) is 4.98 Å². The second-order valence-corrected chi connectivity index (χ2v) is 3.81. The van der Waals surface area contributed by atoms with Crippen molar-refractivity contribution in [2.75, 3.05) is 0 Å². The van der Waals surface area contributed by atoms with Gasteiger partial charge < -0.3 is 11.1 Å². The van der Waals surface area contributed by atoms with E-state index in [1.165, 1.54) is 11.3 Å². The number of amides is 1. The smallest absolute Gasteiger partial charge is 0.237 e. The molecule has 3 N–H and O–H groups in total. The zero-order valence-corrected chi connectivity index (χ0v) is 9.01. The lowest BCUT2D eigenvalue weighted by Crippen LogP contribution is -2.40. The highest BCUT2D eigenvalue weighted by molar-refractivity contribution is 7.07. The van der Waals surface area contributed by atoms with Gasteiger partial charge >= 0.3 is 0 Å². The van der Waals surface area contributed by atoms with Crippen LogP contribution < -0.4 is 11.1 Å². The van der Waals surface area contributed by atoms with Crippen LogP contribution in [0.15, 0.2) is 10.9 Å². The van der Waals surface area contributed by atoms with Crippen molar-refractivity contribution in [3.63, 3.8) is 0 Å². The molecule has 1 atom stereocenters. The molecule has 0 unspecified atom stereocenters. The average molecular weight is 213 g/mol. The minimum atomic E-state index is -0.390. The summed E-state index contributed by atoms with van der Waals surface area (Å²) in [5.41, 5.74) is 8.26. The molecule has 5 heteroatoms. The Morgan fingerprint density at radius 2 is 2.57 bits per heavy atom. The number of nitrogens with one attached hydrogen (secondary N) is 1. The summed E-state index contributed by atoms with van der Waals surface area (Å²) >= 11 is 1.52. The van der Waals surface area contributed by atoms with Crippen molar-refractivity contribution in [3.8, 4) is 0 Å². The monoisotopic (exact) mass is 213 g/mol.